The summed E-state index contributed by atoms with van der Waals surface area (Å²) >= 11 is 6.74. The van der Waals surface area contributed by atoms with Gasteiger partial charge < -0.3 is 33.2 Å². The second-order valence-corrected chi connectivity index (χ2v) is 13.0. The fourth-order valence-electron chi connectivity index (χ4n) is 6.06. The molecule has 0 saturated carbocycles. The van der Waals surface area contributed by atoms with Crippen molar-refractivity contribution in [3.63, 3.8) is 0 Å². The van der Waals surface area contributed by atoms with Crippen molar-refractivity contribution in [2.45, 2.75) is 122 Å². The Morgan fingerprint density at radius 1 is 0.936 bits per heavy atom. The third-order valence-electron chi connectivity index (χ3n) is 8.49. The molecular formula is C37H52ClFO8. The van der Waals surface area contributed by atoms with Crippen molar-refractivity contribution in [1.29, 1.82) is 0 Å². The predicted molar refractivity (Wildman–Crippen MR) is 178 cm³/mol. The van der Waals surface area contributed by atoms with Gasteiger partial charge in [-0.05, 0) is 81.8 Å². The van der Waals surface area contributed by atoms with Gasteiger partial charge in [0.25, 0.3) is 0 Å². The van der Waals surface area contributed by atoms with Crippen LogP contribution in [0.5, 0.6) is 5.75 Å². The SMILES string of the molecule is CCCCO[C@@H]1[C@@H](OCCCC)[C@@]2(c3ccc(Cl)c(Cc4ccc(OCC)c(F)c4)c3)OC[C@](C(=O)OC(C)C)(O2)[C@H]1OCCCC. The Labute approximate surface area is 284 Å². The van der Waals surface area contributed by atoms with Gasteiger partial charge in [-0.2, -0.15) is 0 Å². The summed E-state index contributed by atoms with van der Waals surface area (Å²) in [5, 5.41) is 0.499. The molecule has 4 rings (SSSR count). The van der Waals surface area contributed by atoms with Crippen LogP contribution in [-0.4, -0.2) is 69.0 Å². The molecule has 2 aromatic rings. The van der Waals surface area contributed by atoms with Crippen molar-refractivity contribution in [3.05, 3.63) is 63.9 Å². The number of hydrogen-bond acceptors (Lipinski definition) is 8. The van der Waals surface area contributed by atoms with Crippen LogP contribution in [0.2, 0.25) is 5.02 Å². The van der Waals surface area contributed by atoms with Crippen molar-refractivity contribution in [3.8, 4) is 5.75 Å². The molecule has 0 aromatic heterocycles. The Kier molecular flexibility index (Phi) is 13.9. The second-order valence-electron chi connectivity index (χ2n) is 12.6. The molecule has 0 aliphatic carbocycles. The van der Waals surface area contributed by atoms with Crippen LogP contribution in [0, 0.1) is 5.82 Å². The summed E-state index contributed by atoms with van der Waals surface area (Å²) in [7, 11) is 0. The van der Waals surface area contributed by atoms with Crippen LogP contribution >= 0.6 is 11.6 Å². The normalized spacial score (nSPS) is 25.3. The molecule has 2 saturated heterocycles. The number of ether oxygens (including phenoxy) is 7. The van der Waals surface area contributed by atoms with Crippen LogP contribution in [0.1, 0.15) is 96.8 Å². The average molecular weight is 679 g/mol. The average Bonchev–Trinajstić information content (AvgIpc) is 3.41. The molecule has 0 unspecified atom stereocenters. The Bertz CT molecular complexity index is 1310. The van der Waals surface area contributed by atoms with Crippen LogP contribution < -0.4 is 4.74 Å². The monoisotopic (exact) mass is 678 g/mol. The van der Waals surface area contributed by atoms with Crippen molar-refractivity contribution < 1.29 is 42.3 Å². The molecule has 262 valence electrons. The maximum atomic E-state index is 14.8. The lowest BCUT2D eigenvalue weighted by molar-refractivity contribution is -0.342. The Hall–Kier alpha value is -2.27. The van der Waals surface area contributed by atoms with E-state index in [0.29, 0.717) is 43.4 Å². The molecular weight excluding hydrogens is 627 g/mol. The number of unbranched alkanes of at least 4 members (excludes halogenated alkanes) is 3. The summed E-state index contributed by atoms with van der Waals surface area (Å²) in [6, 6.07) is 10.4. The molecule has 2 aromatic carbocycles. The van der Waals surface area contributed by atoms with Crippen molar-refractivity contribution in [2.75, 3.05) is 33.0 Å². The summed E-state index contributed by atoms with van der Waals surface area (Å²) in [6.07, 6.45) is 2.84. The Morgan fingerprint density at radius 3 is 2.21 bits per heavy atom. The molecule has 0 N–H and O–H groups in total. The number of carbonyl (C=O) groups excluding carboxylic acids is 1. The molecule has 2 aliphatic heterocycles. The fourth-order valence-corrected chi connectivity index (χ4v) is 6.24. The largest absolute Gasteiger partial charge is 0.491 e. The first-order valence-corrected chi connectivity index (χ1v) is 17.6. The number of rotatable bonds is 19. The van der Waals surface area contributed by atoms with Crippen LogP contribution in [0.15, 0.2) is 36.4 Å². The maximum Gasteiger partial charge on any atom is 0.344 e. The lowest BCUT2D eigenvalue weighted by atomic mass is 9.82. The van der Waals surface area contributed by atoms with Gasteiger partial charge >= 0.3 is 5.97 Å². The maximum absolute atomic E-state index is 14.8. The first kappa shape index (κ1) is 37.5. The highest BCUT2D eigenvalue weighted by molar-refractivity contribution is 6.31. The van der Waals surface area contributed by atoms with E-state index in [4.69, 9.17) is 44.8 Å². The number of benzene rings is 2. The topological polar surface area (TPSA) is 81.7 Å². The molecule has 2 bridgehead atoms. The first-order valence-electron chi connectivity index (χ1n) is 17.3. The van der Waals surface area contributed by atoms with Gasteiger partial charge in [-0.1, -0.05) is 63.8 Å². The Balaban J connectivity index is 1.82. The summed E-state index contributed by atoms with van der Waals surface area (Å²) in [5.41, 5.74) is 0.460. The van der Waals surface area contributed by atoms with E-state index >= 15 is 0 Å². The van der Waals surface area contributed by atoms with Crippen LogP contribution in [0.4, 0.5) is 4.39 Å². The lowest BCUT2D eigenvalue weighted by Crippen LogP contribution is -2.69. The Morgan fingerprint density at radius 2 is 1.60 bits per heavy atom. The molecule has 0 amide bonds. The zero-order valence-corrected chi connectivity index (χ0v) is 29.5. The molecule has 5 atom stereocenters. The van der Waals surface area contributed by atoms with E-state index in [2.05, 4.69) is 20.8 Å². The van der Waals surface area contributed by atoms with E-state index in [0.717, 1.165) is 49.7 Å². The molecule has 0 radical (unpaired) electrons. The van der Waals surface area contributed by atoms with Crippen LogP contribution in [-0.2, 0) is 45.4 Å². The van der Waals surface area contributed by atoms with Crippen LogP contribution in [0.25, 0.3) is 0 Å². The summed E-state index contributed by atoms with van der Waals surface area (Å²) in [5.74, 6) is -2.34. The molecule has 2 aliphatic rings. The third-order valence-corrected chi connectivity index (χ3v) is 8.86. The number of halogens is 2. The second kappa shape index (κ2) is 17.4. The smallest absolute Gasteiger partial charge is 0.344 e. The number of hydrogen-bond donors (Lipinski definition) is 0. The van der Waals surface area contributed by atoms with Gasteiger partial charge in [0.05, 0.1) is 19.3 Å². The predicted octanol–water partition coefficient (Wildman–Crippen LogP) is 7.93. The fraction of sp³-hybridized carbons (Fsp3) is 0.649. The minimum Gasteiger partial charge on any atom is -0.491 e. The first-order chi connectivity index (χ1) is 22.6. The summed E-state index contributed by atoms with van der Waals surface area (Å²) < 4.78 is 59.3. The molecule has 2 heterocycles. The minimum atomic E-state index is -1.60. The highest BCUT2D eigenvalue weighted by Crippen LogP contribution is 2.53. The van der Waals surface area contributed by atoms with Gasteiger partial charge in [0.15, 0.2) is 11.6 Å². The molecule has 10 heteroatoms. The van der Waals surface area contributed by atoms with Gasteiger partial charge in [0.2, 0.25) is 11.4 Å². The summed E-state index contributed by atoms with van der Waals surface area (Å²) in [4.78, 5) is 14.0. The van der Waals surface area contributed by atoms with Gasteiger partial charge in [0.1, 0.15) is 18.3 Å². The zero-order chi connectivity index (χ0) is 34.0. The number of fused-ring (bicyclic) bond motifs is 2. The van der Waals surface area contributed by atoms with E-state index in [-0.39, 0.29) is 18.5 Å². The van der Waals surface area contributed by atoms with Gasteiger partial charge in [-0.15, -0.1) is 0 Å². The standard InChI is InChI=1S/C37H52ClFO8/c1-7-11-18-42-32-33(43-19-12-8-2)36(35(40)46-25(5)6)24-45-37(47-36,34(32)44-20-13-9-3)28-15-16-29(38)27(23-28)21-26-14-17-31(41-10-4)30(39)22-26/h14-17,22-23,25,32-34H,7-13,18-21,24H2,1-6H3/t32-,33-,34+,36-,37-/m0/s1. The van der Waals surface area contributed by atoms with E-state index < -0.39 is 41.5 Å². The lowest BCUT2D eigenvalue weighted by Gasteiger charge is -2.50. The zero-order valence-electron chi connectivity index (χ0n) is 28.8. The van der Waals surface area contributed by atoms with E-state index in [1.165, 1.54) is 6.07 Å². The number of esters is 1. The molecule has 47 heavy (non-hydrogen) atoms. The van der Waals surface area contributed by atoms with E-state index in [1.54, 1.807) is 26.0 Å². The molecule has 2 fully saturated rings. The molecule has 8 nitrogen and oxygen atoms in total. The van der Waals surface area contributed by atoms with E-state index in [9.17, 15) is 9.18 Å². The van der Waals surface area contributed by atoms with Crippen molar-refractivity contribution >= 4 is 17.6 Å². The van der Waals surface area contributed by atoms with Gasteiger partial charge in [0, 0.05) is 30.4 Å². The van der Waals surface area contributed by atoms with E-state index in [1.807, 2.05) is 25.1 Å². The van der Waals surface area contributed by atoms with Crippen molar-refractivity contribution in [2.24, 2.45) is 0 Å². The quantitative estimate of drug-likeness (QED) is 0.110. The molecule has 0 spiro atoms. The third kappa shape index (κ3) is 8.49. The van der Waals surface area contributed by atoms with Crippen LogP contribution in [0.3, 0.4) is 0 Å². The van der Waals surface area contributed by atoms with Crippen molar-refractivity contribution in [1.82, 2.24) is 0 Å². The highest BCUT2D eigenvalue weighted by Gasteiger charge is 2.73. The summed E-state index contributed by atoms with van der Waals surface area (Å²) in [6.45, 7) is 13.2. The van der Waals surface area contributed by atoms with Gasteiger partial charge in [-0.3, -0.25) is 0 Å². The van der Waals surface area contributed by atoms with Gasteiger partial charge in [-0.25, -0.2) is 9.18 Å². The highest BCUT2D eigenvalue weighted by atomic mass is 35.5. The number of carbonyl (C=O) groups is 1. The minimum absolute atomic E-state index is 0.112.